The van der Waals surface area contributed by atoms with Gasteiger partial charge in [0.25, 0.3) is 0 Å². The van der Waals surface area contributed by atoms with Crippen molar-refractivity contribution in [3.05, 3.63) is 69.1 Å². The Labute approximate surface area is 131 Å². The second-order valence-corrected chi connectivity index (χ2v) is 5.30. The van der Waals surface area contributed by atoms with Gasteiger partial charge in [0.05, 0.1) is 15.6 Å². The number of nitro benzene ring substituents is 1. The minimum Gasteiger partial charge on any atom is -0.480 e. The van der Waals surface area contributed by atoms with Crippen LogP contribution in [0.3, 0.4) is 0 Å². The Bertz CT molecular complexity index is 860. The molecule has 2 heterocycles. The third-order valence-corrected chi connectivity index (χ3v) is 3.38. The van der Waals surface area contributed by atoms with Crippen LogP contribution in [0.5, 0.6) is 5.75 Å². The monoisotopic (exact) mass is 317 g/mol. The first-order valence-electron chi connectivity index (χ1n) is 6.54. The number of hydrogen-bond donors (Lipinski definition) is 0. The van der Waals surface area contributed by atoms with E-state index in [0.717, 1.165) is 11.2 Å². The molecule has 0 saturated heterocycles. The van der Waals surface area contributed by atoms with Crippen LogP contribution >= 0.6 is 11.6 Å². The standard InChI is InChI=1S/C15H12ClN3O3/c1-10-2-4-13(19(20)21)14(6-10)22-9-12-8-18-7-11(16)3-5-15(18)17-12/h2-8H,9H2,1H3. The molecule has 0 aliphatic rings. The lowest BCUT2D eigenvalue weighted by Gasteiger charge is -2.05. The average Bonchev–Trinajstić information content (AvgIpc) is 2.86. The Hall–Kier alpha value is -2.60. The van der Waals surface area contributed by atoms with Crippen molar-refractivity contribution in [2.75, 3.05) is 0 Å². The lowest BCUT2D eigenvalue weighted by Crippen LogP contribution is -1.99. The SMILES string of the molecule is Cc1ccc([N+](=O)[O-])c(OCc2cn3cc(Cl)ccc3n2)c1. The number of imidazole rings is 1. The van der Waals surface area contributed by atoms with Gasteiger partial charge in [0.1, 0.15) is 12.3 Å². The van der Waals surface area contributed by atoms with E-state index in [9.17, 15) is 10.1 Å². The maximum Gasteiger partial charge on any atom is 0.310 e. The van der Waals surface area contributed by atoms with Gasteiger partial charge in [0.2, 0.25) is 0 Å². The van der Waals surface area contributed by atoms with E-state index in [2.05, 4.69) is 4.98 Å². The van der Waals surface area contributed by atoms with E-state index < -0.39 is 4.92 Å². The molecule has 0 saturated carbocycles. The first kappa shape index (κ1) is 14.3. The van der Waals surface area contributed by atoms with Crippen molar-refractivity contribution in [1.29, 1.82) is 0 Å². The van der Waals surface area contributed by atoms with Crippen LogP contribution in [0, 0.1) is 17.0 Å². The highest BCUT2D eigenvalue weighted by Crippen LogP contribution is 2.28. The van der Waals surface area contributed by atoms with E-state index in [4.69, 9.17) is 16.3 Å². The van der Waals surface area contributed by atoms with E-state index >= 15 is 0 Å². The summed E-state index contributed by atoms with van der Waals surface area (Å²) < 4.78 is 7.36. The van der Waals surface area contributed by atoms with E-state index in [-0.39, 0.29) is 18.0 Å². The van der Waals surface area contributed by atoms with Crippen LogP contribution in [0.4, 0.5) is 5.69 Å². The van der Waals surface area contributed by atoms with E-state index in [1.54, 1.807) is 41.1 Å². The molecule has 0 bridgehead atoms. The molecular weight excluding hydrogens is 306 g/mol. The summed E-state index contributed by atoms with van der Waals surface area (Å²) in [6.45, 7) is 1.99. The van der Waals surface area contributed by atoms with Crippen LogP contribution in [0.25, 0.3) is 5.65 Å². The number of ether oxygens (including phenoxy) is 1. The van der Waals surface area contributed by atoms with Crippen molar-refractivity contribution < 1.29 is 9.66 Å². The highest BCUT2D eigenvalue weighted by Gasteiger charge is 2.15. The Morgan fingerprint density at radius 3 is 2.91 bits per heavy atom. The Balaban J connectivity index is 1.84. The van der Waals surface area contributed by atoms with Gasteiger partial charge in [-0.1, -0.05) is 17.7 Å². The summed E-state index contributed by atoms with van der Waals surface area (Å²) in [4.78, 5) is 14.9. The van der Waals surface area contributed by atoms with Gasteiger partial charge >= 0.3 is 5.69 Å². The van der Waals surface area contributed by atoms with Crippen LogP contribution < -0.4 is 4.74 Å². The van der Waals surface area contributed by atoms with Gasteiger partial charge in [-0.2, -0.15) is 0 Å². The van der Waals surface area contributed by atoms with E-state index in [1.807, 2.05) is 6.92 Å². The molecule has 0 N–H and O–H groups in total. The normalized spacial score (nSPS) is 10.8. The Kier molecular flexibility index (Phi) is 3.68. The number of pyridine rings is 1. The maximum absolute atomic E-state index is 11.0. The summed E-state index contributed by atoms with van der Waals surface area (Å²) in [5.41, 5.74) is 2.24. The van der Waals surface area contributed by atoms with Crippen LogP contribution in [0.2, 0.25) is 5.02 Å². The molecule has 0 fully saturated rings. The quantitative estimate of drug-likeness (QED) is 0.542. The molecule has 0 aliphatic heterocycles. The molecule has 2 aromatic heterocycles. The second-order valence-electron chi connectivity index (χ2n) is 4.86. The summed E-state index contributed by atoms with van der Waals surface area (Å²) >= 11 is 5.92. The van der Waals surface area contributed by atoms with Gasteiger partial charge in [0.15, 0.2) is 5.75 Å². The minimum atomic E-state index is -0.460. The second kappa shape index (κ2) is 5.65. The number of rotatable bonds is 4. The molecule has 0 atom stereocenters. The van der Waals surface area contributed by atoms with Crippen molar-refractivity contribution >= 4 is 22.9 Å². The third kappa shape index (κ3) is 2.87. The summed E-state index contributed by atoms with van der Waals surface area (Å²) in [5, 5.41) is 11.6. The van der Waals surface area contributed by atoms with Gasteiger partial charge in [-0.15, -0.1) is 0 Å². The molecule has 3 rings (SSSR count). The minimum absolute atomic E-state index is 0.0580. The number of fused-ring (bicyclic) bond motifs is 1. The number of nitro groups is 1. The lowest BCUT2D eigenvalue weighted by molar-refractivity contribution is -0.386. The van der Waals surface area contributed by atoms with Crippen molar-refractivity contribution in [2.45, 2.75) is 13.5 Å². The Morgan fingerprint density at radius 1 is 1.32 bits per heavy atom. The van der Waals surface area contributed by atoms with Gasteiger partial charge in [0, 0.05) is 18.5 Å². The lowest BCUT2D eigenvalue weighted by atomic mass is 10.2. The van der Waals surface area contributed by atoms with Crippen molar-refractivity contribution in [2.24, 2.45) is 0 Å². The first-order chi connectivity index (χ1) is 10.5. The molecule has 7 heteroatoms. The van der Waals surface area contributed by atoms with Crippen LogP contribution in [0.15, 0.2) is 42.7 Å². The molecule has 6 nitrogen and oxygen atoms in total. The number of aromatic nitrogens is 2. The van der Waals surface area contributed by atoms with Crippen molar-refractivity contribution in [1.82, 2.24) is 9.38 Å². The number of aryl methyl sites for hydroxylation is 1. The largest absolute Gasteiger partial charge is 0.480 e. The maximum atomic E-state index is 11.0. The molecule has 112 valence electrons. The van der Waals surface area contributed by atoms with Gasteiger partial charge in [-0.25, -0.2) is 4.98 Å². The molecule has 0 radical (unpaired) electrons. The molecule has 0 unspecified atom stereocenters. The molecule has 0 aliphatic carbocycles. The molecule has 22 heavy (non-hydrogen) atoms. The van der Waals surface area contributed by atoms with E-state index in [1.165, 1.54) is 6.07 Å². The van der Waals surface area contributed by atoms with Crippen LogP contribution in [-0.4, -0.2) is 14.3 Å². The molecule has 0 spiro atoms. The smallest absolute Gasteiger partial charge is 0.310 e. The van der Waals surface area contributed by atoms with E-state index in [0.29, 0.717) is 10.7 Å². The van der Waals surface area contributed by atoms with Crippen LogP contribution in [-0.2, 0) is 6.61 Å². The van der Waals surface area contributed by atoms with Crippen LogP contribution in [0.1, 0.15) is 11.3 Å². The summed E-state index contributed by atoms with van der Waals surface area (Å²) in [6, 6.07) is 8.30. The topological polar surface area (TPSA) is 69.7 Å². The average molecular weight is 318 g/mol. The van der Waals surface area contributed by atoms with Gasteiger partial charge < -0.3 is 9.14 Å². The summed E-state index contributed by atoms with van der Waals surface area (Å²) in [6.07, 6.45) is 3.52. The molecule has 0 amide bonds. The first-order valence-corrected chi connectivity index (χ1v) is 6.92. The number of nitrogens with zero attached hydrogens (tertiary/aromatic N) is 3. The zero-order valence-electron chi connectivity index (χ0n) is 11.7. The van der Waals surface area contributed by atoms with Crippen molar-refractivity contribution in [3.63, 3.8) is 0 Å². The predicted molar refractivity (Wildman–Crippen MR) is 82.4 cm³/mol. The summed E-state index contributed by atoms with van der Waals surface area (Å²) in [5.74, 6) is 0.236. The zero-order valence-corrected chi connectivity index (χ0v) is 12.4. The third-order valence-electron chi connectivity index (χ3n) is 3.15. The molecular formula is C15H12ClN3O3. The number of hydrogen-bond acceptors (Lipinski definition) is 4. The highest BCUT2D eigenvalue weighted by molar-refractivity contribution is 6.30. The predicted octanol–water partition coefficient (Wildman–Crippen LogP) is 3.78. The fourth-order valence-corrected chi connectivity index (χ4v) is 2.29. The van der Waals surface area contributed by atoms with Gasteiger partial charge in [-0.05, 0) is 30.7 Å². The highest BCUT2D eigenvalue weighted by atomic mass is 35.5. The molecule has 1 aromatic carbocycles. The summed E-state index contributed by atoms with van der Waals surface area (Å²) in [7, 11) is 0. The fourth-order valence-electron chi connectivity index (χ4n) is 2.13. The Morgan fingerprint density at radius 2 is 2.14 bits per heavy atom. The number of halogens is 1. The fraction of sp³-hybridized carbons (Fsp3) is 0.133. The molecule has 3 aromatic rings. The van der Waals surface area contributed by atoms with Gasteiger partial charge in [-0.3, -0.25) is 10.1 Å². The van der Waals surface area contributed by atoms with Crippen molar-refractivity contribution in [3.8, 4) is 5.75 Å². The number of benzene rings is 1. The zero-order chi connectivity index (χ0) is 15.7.